The van der Waals surface area contributed by atoms with Gasteiger partial charge < -0.3 is 10.1 Å². The molecule has 25 heavy (non-hydrogen) atoms. The standard InChI is InChI=1S/C20H19NO4/c1-11-5-4-6-15(12(11)2)20(24)25-10-18(22)14-7-8-17-16(9-14)13(3)19(23)21-17/h4-9,13H,10H2,1-3H3,(H,21,23)/t13-/m0/s1. The molecule has 0 saturated carbocycles. The van der Waals surface area contributed by atoms with Gasteiger partial charge in [0.2, 0.25) is 5.91 Å². The van der Waals surface area contributed by atoms with E-state index in [-0.39, 0.29) is 24.2 Å². The highest BCUT2D eigenvalue weighted by Gasteiger charge is 2.27. The summed E-state index contributed by atoms with van der Waals surface area (Å²) in [7, 11) is 0. The molecule has 1 aliphatic heterocycles. The van der Waals surface area contributed by atoms with Crippen LogP contribution in [0, 0.1) is 13.8 Å². The molecule has 0 fully saturated rings. The largest absolute Gasteiger partial charge is 0.454 e. The Morgan fingerprint density at radius 1 is 1.16 bits per heavy atom. The summed E-state index contributed by atoms with van der Waals surface area (Å²) in [5, 5.41) is 2.76. The van der Waals surface area contributed by atoms with Crippen LogP contribution < -0.4 is 5.32 Å². The Balaban J connectivity index is 1.70. The number of nitrogens with one attached hydrogen (secondary N) is 1. The van der Waals surface area contributed by atoms with Crippen LogP contribution in [-0.4, -0.2) is 24.3 Å². The van der Waals surface area contributed by atoms with Gasteiger partial charge in [-0.25, -0.2) is 4.79 Å². The van der Waals surface area contributed by atoms with Crippen molar-refractivity contribution in [2.45, 2.75) is 26.7 Å². The fourth-order valence-corrected chi connectivity index (χ4v) is 2.85. The Bertz CT molecular complexity index is 885. The van der Waals surface area contributed by atoms with E-state index in [9.17, 15) is 14.4 Å². The van der Waals surface area contributed by atoms with Crippen molar-refractivity contribution in [3.05, 3.63) is 64.2 Å². The predicted molar refractivity (Wildman–Crippen MR) is 94.0 cm³/mol. The molecular formula is C20H19NO4. The number of hydrogen-bond donors (Lipinski definition) is 1. The summed E-state index contributed by atoms with van der Waals surface area (Å²) in [6.07, 6.45) is 0. The molecule has 0 aromatic heterocycles. The third-order valence-corrected chi connectivity index (χ3v) is 4.65. The highest BCUT2D eigenvalue weighted by atomic mass is 16.5. The van der Waals surface area contributed by atoms with Gasteiger partial charge in [-0.3, -0.25) is 9.59 Å². The summed E-state index contributed by atoms with van der Waals surface area (Å²) in [5.41, 5.74) is 4.24. The molecule has 0 saturated heterocycles. The quantitative estimate of drug-likeness (QED) is 0.685. The van der Waals surface area contributed by atoms with Crippen LogP contribution in [0.15, 0.2) is 36.4 Å². The lowest BCUT2D eigenvalue weighted by Crippen LogP contribution is -2.15. The van der Waals surface area contributed by atoms with Crippen LogP contribution >= 0.6 is 0 Å². The van der Waals surface area contributed by atoms with Crippen LogP contribution in [0.4, 0.5) is 5.69 Å². The topological polar surface area (TPSA) is 72.5 Å². The maximum absolute atomic E-state index is 12.3. The number of ketones is 1. The number of fused-ring (bicyclic) bond motifs is 1. The molecule has 1 N–H and O–H groups in total. The van der Waals surface area contributed by atoms with E-state index >= 15 is 0 Å². The molecule has 0 spiro atoms. The number of aryl methyl sites for hydroxylation is 1. The van der Waals surface area contributed by atoms with Crippen molar-refractivity contribution in [2.24, 2.45) is 0 Å². The van der Waals surface area contributed by atoms with Crippen molar-refractivity contribution < 1.29 is 19.1 Å². The average Bonchev–Trinajstić information content (AvgIpc) is 2.89. The molecule has 0 aliphatic carbocycles. The molecule has 5 heteroatoms. The minimum Gasteiger partial charge on any atom is -0.454 e. The zero-order valence-electron chi connectivity index (χ0n) is 14.4. The van der Waals surface area contributed by atoms with Gasteiger partial charge in [-0.2, -0.15) is 0 Å². The summed E-state index contributed by atoms with van der Waals surface area (Å²) in [6.45, 7) is 5.22. The summed E-state index contributed by atoms with van der Waals surface area (Å²) in [6, 6.07) is 10.4. The van der Waals surface area contributed by atoms with Gasteiger partial charge in [0.25, 0.3) is 0 Å². The van der Waals surface area contributed by atoms with E-state index in [1.54, 1.807) is 37.3 Å². The Hall–Kier alpha value is -2.95. The maximum atomic E-state index is 12.3. The SMILES string of the molecule is Cc1cccc(C(=O)OCC(=O)c2ccc3c(c2)[C@H](C)C(=O)N3)c1C. The molecule has 5 nitrogen and oxygen atoms in total. The van der Waals surface area contributed by atoms with Crippen LogP contribution in [0.1, 0.15) is 50.2 Å². The summed E-state index contributed by atoms with van der Waals surface area (Å²) < 4.78 is 5.18. The number of rotatable bonds is 4. The highest BCUT2D eigenvalue weighted by Crippen LogP contribution is 2.32. The van der Waals surface area contributed by atoms with E-state index in [4.69, 9.17) is 4.74 Å². The van der Waals surface area contributed by atoms with Crippen LogP contribution in [0.25, 0.3) is 0 Å². The second kappa shape index (κ2) is 6.51. The predicted octanol–water partition coefficient (Wildman–Crippen LogP) is 3.40. The summed E-state index contributed by atoms with van der Waals surface area (Å²) >= 11 is 0. The number of Topliss-reactive ketones (excluding diaryl/α,β-unsaturated/α-hetero) is 1. The Morgan fingerprint density at radius 2 is 1.92 bits per heavy atom. The van der Waals surface area contributed by atoms with Crippen LogP contribution in [0.2, 0.25) is 0 Å². The second-order valence-corrected chi connectivity index (χ2v) is 6.26. The fraction of sp³-hybridized carbons (Fsp3) is 0.250. The van der Waals surface area contributed by atoms with E-state index in [0.29, 0.717) is 11.1 Å². The molecule has 0 unspecified atom stereocenters. The lowest BCUT2D eigenvalue weighted by Gasteiger charge is -2.09. The Labute approximate surface area is 146 Å². The number of hydrogen-bond acceptors (Lipinski definition) is 4. The Kier molecular flexibility index (Phi) is 4.40. The van der Waals surface area contributed by atoms with Crippen molar-refractivity contribution in [1.29, 1.82) is 0 Å². The lowest BCUT2D eigenvalue weighted by atomic mass is 9.99. The van der Waals surface area contributed by atoms with Gasteiger partial charge in [-0.15, -0.1) is 0 Å². The number of carbonyl (C=O) groups is 3. The number of carbonyl (C=O) groups excluding carboxylic acids is 3. The van der Waals surface area contributed by atoms with E-state index in [1.807, 2.05) is 19.9 Å². The van der Waals surface area contributed by atoms with Crippen LogP contribution in [0.3, 0.4) is 0 Å². The monoisotopic (exact) mass is 337 g/mol. The molecule has 1 atom stereocenters. The first-order valence-electron chi connectivity index (χ1n) is 8.10. The lowest BCUT2D eigenvalue weighted by molar-refractivity contribution is -0.116. The minimum atomic E-state index is -0.513. The zero-order valence-corrected chi connectivity index (χ0v) is 14.4. The maximum Gasteiger partial charge on any atom is 0.338 e. The van der Waals surface area contributed by atoms with Crippen molar-refractivity contribution >= 4 is 23.3 Å². The second-order valence-electron chi connectivity index (χ2n) is 6.26. The van der Waals surface area contributed by atoms with Crippen molar-refractivity contribution in [3.63, 3.8) is 0 Å². The normalized spacial score (nSPS) is 15.5. The van der Waals surface area contributed by atoms with Gasteiger partial charge in [-0.1, -0.05) is 12.1 Å². The summed E-state index contributed by atoms with van der Waals surface area (Å²) in [5.74, 6) is -1.19. The smallest absolute Gasteiger partial charge is 0.338 e. The molecule has 1 aliphatic rings. The molecule has 2 aromatic rings. The van der Waals surface area contributed by atoms with Gasteiger partial charge in [0.15, 0.2) is 12.4 Å². The third kappa shape index (κ3) is 3.18. The highest BCUT2D eigenvalue weighted by molar-refractivity contribution is 6.05. The van der Waals surface area contributed by atoms with E-state index in [0.717, 1.165) is 22.4 Å². The van der Waals surface area contributed by atoms with E-state index in [2.05, 4.69) is 5.32 Å². The molecule has 0 radical (unpaired) electrons. The van der Waals surface area contributed by atoms with E-state index in [1.165, 1.54) is 0 Å². The zero-order chi connectivity index (χ0) is 18.1. The molecule has 1 heterocycles. The van der Waals surface area contributed by atoms with E-state index < -0.39 is 5.97 Å². The molecule has 128 valence electrons. The number of benzene rings is 2. The third-order valence-electron chi connectivity index (χ3n) is 4.65. The van der Waals surface area contributed by atoms with Gasteiger partial charge in [0.05, 0.1) is 11.5 Å². The Morgan fingerprint density at radius 3 is 2.68 bits per heavy atom. The molecule has 2 aromatic carbocycles. The van der Waals surface area contributed by atoms with Crippen molar-refractivity contribution in [2.75, 3.05) is 11.9 Å². The average molecular weight is 337 g/mol. The molecule has 3 rings (SSSR count). The van der Waals surface area contributed by atoms with Gasteiger partial charge in [0.1, 0.15) is 0 Å². The number of ether oxygens (including phenoxy) is 1. The van der Waals surface area contributed by atoms with Gasteiger partial charge in [0, 0.05) is 11.3 Å². The van der Waals surface area contributed by atoms with Crippen LogP contribution in [-0.2, 0) is 9.53 Å². The first-order valence-corrected chi connectivity index (χ1v) is 8.10. The van der Waals surface area contributed by atoms with Gasteiger partial charge in [-0.05, 0) is 61.7 Å². The molecule has 0 bridgehead atoms. The summed E-state index contributed by atoms with van der Waals surface area (Å²) in [4.78, 5) is 36.2. The fourth-order valence-electron chi connectivity index (χ4n) is 2.85. The minimum absolute atomic E-state index is 0.0825. The van der Waals surface area contributed by atoms with Gasteiger partial charge >= 0.3 is 5.97 Å². The molecular weight excluding hydrogens is 318 g/mol. The number of esters is 1. The molecule has 1 amide bonds. The number of anilines is 1. The van der Waals surface area contributed by atoms with Crippen LogP contribution in [0.5, 0.6) is 0 Å². The first-order chi connectivity index (χ1) is 11.9. The number of amides is 1. The van der Waals surface area contributed by atoms with Crippen molar-refractivity contribution in [1.82, 2.24) is 0 Å². The van der Waals surface area contributed by atoms with Crippen molar-refractivity contribution in [3.8, 4) is 0 Å². The first kappa shape index (κ1) is 16.9.